The first kappa shape index (κ1) is 17.8. The number of pyridine rings is 1. The molecule has 2 rings (SSSR count). The van der Waals surface area contributed by atoms with Crippen molar-refractivity contribution in [3.8, 4) is 0 Å². The Morgan fingerprint density at radius 3 is 2.71 bits per heavy atom. The van der Waals surface area contributed by atoms with Crippen LogP contribution in [0.5, 0.6) is 0 Å². The van der Waals surface area contributed by atoms with E-state index in [9.17, 15) is 4.79 Å². The topological polar surface area (TPSA) is 71.0 Å². The molecule has 0 fully saturated rings. The summed E-state index contributed by atoms with van der Waals surface area (Å²) < 4.78 is 0. The second kappa shape index (κ2) is 9.60. The molecule has 0 spiro atoms. The zero-order chi connectivity index (χ0) is 17.2. The molecule has 2 aromatic heterocycles. The van der Waals surface area contributed by atoms with Crippen LogP contribution in [0.4, 0.5) is 5.95 Å². The first-order valence-corrected chi connectivity index (χ1v) is 8.42. The molecule has 0 saturated heterocycles. The summed E-state index contributed by atoms with van der Waals surface area (Å²) in [6, 6.07) is 5.57. The fraction of sp³-hybridized carbons (Fsp3) is 0.444. The monoisotopic (exact) mass is 327 g/mol. The fourth-order valence-electron chi connectivity index (χ4n) is 2.28. The van der Waals surface area contributed by atoms with Gasteiger partial charge in [-0.3, -0.25) is 9.78 Å². The third kappa shape index (κ3) is 5.61. The largest absolute Gasteiger partial charge is 0.354 e. The van der Waals surface area contributed by atoms with E-state index in [1.165, 1.54) is 12.8 Å². The molecule has 0 unspecified atom stereocenters. The van der Waals surface area contributed by atoms with E-state index in [2.05, 4.69) is 27.2 Å². The number of rotatable bonds is 9. The highest BCUT2D eigenvalue weighted by Crippen LogP contribution is 2.06. The second-order valence-electron chi connectivity index (χ2n) is 5.73. The number of nitrogens with zero attached hydrogens (tertiary/aromatic N) is 4. The summed E-state index contributed by atoms with van der Waals surface area (Å²) in [7, 11) is 1.79. The van der Waals surface area contributed by atoms with Gasteiger partial charge in [0.1, 0.15) is 5.69 Å². The molecule has 1 N–H and O–H groups in total. The van der Waals surface area contributed by atoms with Crippen LogP contribution in [0.1, 0.15) is 42.2 Å². The highest BCUT2D eigenvalue weighted by molar-refractivity contribution is 5.92. The molecule has 1 amide bonds. The highest BCUT2D eigenvalue weighted by atomic mass is 16.2. The minimum Gasteiger partial charge on any atom is -0.354 e. The molecule has 2 aromatic rings. The Bertz CT molecular complexity index is 632. The van der Waals surface area contributed by atoms with Crippen molar-refractivity contribution >= 4 is 11.9 Å². The molecule has 0 aliphatic rings. The average Bonchev–Trinajstić information content (AvgIpc) is 2.64. The minimum absolute atomic E-state index is 0.0944. The lowest BCUT2D eigenvalue weighted by molar-refractivity contribution is 0.0791. The Hall–Kier alpha value is -2.50. The van der Waals surface area contributed by atoms with Crippen LogP contribution in [-0.4, -0.2) is 45.9 Å². The number of carbonyl (C=O) groups excluding carboxylic acids is 1. The third-order valence-corrected chi connectivity index (χ3v) is 3.77. The van der Waals surface area contributed by atoms with Gasteiger partial charge in [-0.2, -0.15) is 0 Å². The summed E-state index contributed by atoms with van der Waals surface area (Å²) >= 11 is 0. The summed E-state index contributed by atoms with van der Waals surface area (Å²) in [5.74, 6) is 0.419. The zero-order valence-electron chi connectivity index (χ0n) is 14.4. The molecule has 6 heteroatoms. The first-order valence-electron chi connectivity index (χ1n) is 8.42. The Morgan fingerprint density at radius 2 is 1.96 bits per heavy atom. The number of amides is 1. The molecule has 24 heavy (non-hydrogen) atoms. The molecule has 2 heterocycles. The molecule has 0 aliphatic heterocycles. The van der Waals surface area contributed by atoms with Crippen molar-refractivity contribution < 1.29 is 4.79 Å². The van der Waals surface area contributed by atoms with E-state index in [0.717, 1.165) is 24.9 Å². The zero-order valence-corrected chi connectivity index (χ0v) is 14.4. The van der Waals surface area contributed by atoms with Gasteiger partial charge in [0.2, 0.25) is 5.95 Å². The first-order chi connectivity index (χ1) is 11.7. The number of anilines is 1. The maximum atomic E-state index is 12.5. The van der Waals surface area contributed by atoms with Gasteiger partial charge in [-0.05, 0) is 36.6 Å². The van der Waals surface area contributed by atoms with Gasteiger partial charge in [-0.1, -0.05) is 19.8 Å². The molecular formula is C18H25N5O. The summed E-state index contributed by atoms with van der Waals surface area (Å²) in [5, 5.41) is 3.17. The van der Waals surface area contributed by atoms with Crippen LogP contribution in [0, 0.1) is 0 Å². The number of hydrogen-bond donors (Lipinski definition) is 1. The Balaban J connectivity index is 1.88. The van der Waals surface area contributed by atoms with E-state index in [-0.39, 0.29) is 5.91 Å². The van der Waals surface area contributed by atoms with E-state index in [4.69, 9.17) is 0 Å². The standard InChI is InChI=1S/C18H25N5O/c1-3-4-5-10-20-18-21-13-8-16(22-18)17(24)23(2)14-9-15-6-11-19-12-7-15/h6-8,11-13H,3-5,9-10,14H2,1-2H3,(H,20,21,22). The molecule has 0 bridgehead atoms. The van der Waals surface area contributed by atoms with E-state index in [1.54, 1.807) is 36.6 Å². The van der Waals surface area contributed by atoms with Crippen LogP contribution < -0.4 is 5.32 Å². The van der Waals surface area contributed by atoms with Crippen LogP contribution in [-0.2, 0) is 6.42 Å². The molecule has 0 aliphatic carbocycles. The average molecular weight is 327 g/mol. The van der Waals surface area contributed by atoms with Crippen LogP contribution in [0.2, 0.25) is 0 Å². The lowest BCUT2D eigenvalue weighted by Crippen LogP contribution is -2.29. The number of likely N-dealkylation sites (N-methyl/N-ethyl adjacent to an activating group) is 1. The molecule has 6 nitrogen and oxygen atoms in total. The summed E-state index contributed by atoms with van der Waals surface area (Å²) in [5.41, 5.74) is 1.57. The highest BCUT2D eigenvalue weighted by Gasteiger charge is 2.14. The number of hydrogen-bond acceptors (Lipinski definition) is 5. The molecule has 0 atom stereocenters. The number of unbranched alkanes of at least 4 members (excludes halogenated alkanes) is 2. The van der Waals surface area contributed by atoms with Crippen LogP contribution >= 0.6 is 0 Å². The Kier molecular flexibility index (Phi) is 7.14. The lowest BCUT2D eigenvalue weighted by Gasteiger charge is -2.17. The Morgan fingerprint density at radius 1 is 1.17 bits per heavy atom. The normalized spacial score (nSPS) is 10.4. The van der Waals surface area contributed by atoms with Gasteiger partial charge in [-0.15, -0.1) is 0 Å². The van der Waals surface area contributed by atoms with Crippen molar-refractivity contribution in [2.75, 3.05) is 25.5 Å². The SMILES string of the molecule is CCCCCNc1nccc(C(=O)N(C)CCc2ccncc2)n1. The van der Waals surface area contributed by atoms with Gasteiger partial charge in [-0.25, -0.2) is 9.97 Å². The van der Waals surface area contributed by atoms with Crippen LogP contribution in [0.15, 0.2) is 36.8 Å². The molecule has 0 aromatic carbocycles. The number of carbonyl (C=O) groups is 1. The smallest absolute Gasteiger partial charge is 0.272 e. The van der Waals surface area contributed by atoms with Crippen molar-refractivity contribution in [1.82, 2.24) is 19.9 Å². The quantitative estimate of drug-likeness (QED) is 0.717. The van der Waals surface area contributed by atoms with Crippen molar-refractivity contribution in [3.63, 3.8) is 0 Å². The maximum absolute atomic E-state index is 12.5. The van der Waals surface area contributed by atoms with Crippen molar-refractivity contribution in [2.24, 2.45) is 0 Å². The van der Waals surface area contributed by atoms with E-state index < -0.39 is 0 Å². The number of nitrogens with one attached hydrogen (secondary N) is 1. The van der Waals surface area contributed by atoms with Crippen molar-refractivity contribution in [2.45, 2.75) is 32.6 Å². The molecule has 0 saturated carbocycles. The molecular weight excluding hydrogens is 302 g/mol. The van der Waals surface area contributed by atoms with Crippen LogP contribution in [0.3, 0.4) is 0 Å². The maximum Gasteiger partial charge on any atom is 0.272 e. The lowest BCUT2D eigenvalue weighted by atomic mass is 10.2. The predicted octanol–water partition coefficient (Wildman–Crippen LogP) is 2.79. The van der Waals surface area contributed by atoms with Crippen molar-refractivity contribution in [1.29, 1.82) is 0 Å². The number of aromatic nitrogens is 3. The summed E-state index contributed by atoms with van der Waals surface area (Å²) in [4.78, 5) is 26.7. The minimum atomic E-state index is -0.0944. The van der Waals surface area contributed by atoms with E-state index in [0.29, 0.717) is 18.2 Å². The van der Waals surface area contributed by atoms with E-state index in [1.807, 2.05) is 12.1 Å². The summed E-state index contributed by atoms with van der Waals surface area (Å²) in [6.07, 6.45) is 9.35. The third-order valence-electron chi connectivity index (χ3n) is 3.77. The van der Waals surface area contributed by atoms with Gasteiger partial charge in [0.15, 0.2) is 0 Å². The van der Waals surface area contributed by atoms with Gasteiger partial charge in [0.25, 0.3) is 5.91 Å². The van der Waals surface area contributed by atoms with E-state index >= 15 is 0 Å². The summed E-state index contributed by atoms with van der Waals surface area (Å²) in [6.45, 7) is 3.62. The van der Waals surface area contributed by atoms with Crippen LogP contribution in [0.25, 0.3) is 0 Å². The second-order valence-corrected chi connectivity index (χ2v) is 5.73. The van der Waals surface area contributed by atoms with Gasteiger partial charge >= 0.3 is 0 Å². The van der Waals surface area contributed by atoms with Gasteiger partial charge < -0.3 is 10.2 Å². The van der Waals surface area contributed by atoms with Crippen molar-refractivity contribution in [3.05, 3.63) is 48.0 Å². The van der Waals surface area contributed by atoms with Gasteiger partial charge in [0, 0.05) is 38.7 Å². The molecule has 0 radical (unpaired) electrons. The Labute approximate surface area is 143 Å². The molecule has 128 valence electrons. The predicted molar refractivity (Wildman–Crippen MR) is 94.9 cm³/mol. The van der Waals surface area contributed by atoms with Gasteiger partial charge in [0.05, 0.1) is 0 Å². The fourth-order valence-corrected chi connectivity index (χ4v) is 2.28.